The van der Waals surface area contributed by atoms with Gasteiger partial charge in [-0.1, -0.05) is 0 Å². The predicted molar refractivity (Wildman–Crippen MR) is 68.2 cm³/mol. The smallest absolute Gasteiger partial charge is 0.166 e. The molecule has 2 heterocycles. The van der Waals surface area contributed by atoms with Gasteiger partial charge < -0.3 is 5.32 Å². The van der Waals surface area contributed by atoms with Gasteiger partial charge in [0, 0.05) is 29.6 Å². The highest BCUT2D eigenvalue weighted by Gasteiger charge is 2.04. The van der Waals surface area contributed by atoms with Crippen LogP contribution in [0.5, 0.6) is 0 Å². The summed E-state index contributed by atoms with van der Waals surface area (Å²) in [5.74, 6) is -0.127. The summed E-state index contributed by atoms with van der Waals surface area (Å²) in [6, 6.07) is 3.30. The first-order valence-electron chi connectivity index (χ1n) is 5.11. The third-order valence-electron chi connectivity index (χ3n) is 2.40. The standard InChI is InChI=1S/C12H11BrFN3/c1-8-2-3-15-5-9(8)6-16-12-11(14)4-10(13)7-17-12/h2-5,7H,6H2,1H3,(H,16,17). The van der Waals surface area contributed by atoms with Crippen LogP contribution in [0.4, 0.5) is 10.2 Å². The molecule has 1 N–H and O–H groups in total. The molecule has 2 aromatic heterocycles. The maximum absolute atomic E-state index is 13.5. The van der Waals surface area contributed by atoms with Crippen molar-refractivity contribution in [3.8, 4) is 0 Å². The molecule has 3 nitrogen and oxygen atoms in total. The number of aryl methyl sites for hydroxylation is 1. The van der Waals surface area contributed by atoms with Crippen LogP contribution in [-0.2, 0) is 6.54 Å². The van der Waals surface area contributed by atoms with Gasteiger partial charge in [0.25, 0.3) is 0 Å². The number of halogens is 2. The molecule has 0 aliphatic rings. The fourth-order valence-electron chi connectivity index (χ4n) is 1.41. The lowest BCUT2D eigenvalue weighted by Gasteiger charge is -2.08. The second kappa shape index (κ2) is 5.23. The molecule has 0 unspecified atom stereocenters. The lowest BCUT2D eigenvalue weighted by Crippen LogP contribution is -2.05. The molecule has 0 aromatic carbocycles. The van der Waals surface area contributed by atoms with Crippen molar-refractivity contribution in [3.05, 3.63) is 52.1 Å². The van der Waals surface area contributed by atoms with Crippen molar-refractivity contribution in [1.29, 1.82) is 0 Å². The van der Waals surface area contributed by atoms with E-state index in [9.17, 15) is 4.39 Å². The molecule has 0 saturated carbocycles. The van der Waals surface area contributed by atoms with E-state index in [1.807, 2.05) is 13.0 Å². The van der Waals surface area contributed by atoms with E-state index >= 15 is 0 Å². The van der Waals surface area contributed by atoms with E-state index in [2.05, 4.69) is 31.2 Å². The SMILES string of the molecule is Cc1ccncc1CNc1ncc(Br)cc1F. The summed E-state index contributed by atoms with van der Waals surface area (Å²) in [5.41, 5.74) is 2.14. The molecule has 0 aliphatic heterocycles. The van der Waals surface area contributed by atoms with Gasteiger partial charge in [-0.3, -0.25) is 4.98 Å². The predicted octanol–water partition coefficient (Wildman–Crippen LogP) is 3.30. The Morgan fingerprint density at radius 2 is 2.24 bits per heavy atom. The summed E-state index contributed by atoms with van der Waals surface area (Å²) in [5, 5.41) is 2.95. The van der Waals surface area contributed by atoms with Crippen LogP contribution in [0, 0.1) is 12.7 Å². The zero-order chi connectivity index (χ0) is 12.3. The number of nitrogens with zero attached hydrogens (tertiary/aromatic N) is 2. The van der Waals surface area contributed by atoms with Crippen LogP contribution < -0.4 is 5.32 Å². The average Bonchev–Trinajstić information content (AvgIpc) is 2.30. The minimum atomic E-state index is -0.374. The Balaban J connectivity index is 2.10. The second-order valence-corrected chi connectivity index (χ2v) is 4.56. The molecule has 0 aliphatic carbocycles. The zero-order valence-electron chi connectivity index (χ0n) is 9.24. The number of rotatable bonds is 3. The lowest BCUT2D eigenvalue weighted by molar-refractivity contribution is 0.623. The van der Waals surface area contributed by atoms with Crippen molar-refractivity contribution in [1.82, 2.24) is 9.97 Å². The van der Waals surface area contributed by atoms with E-state index in [-0.39, 0.29) is 11.6 Å². The number of pyridine rings is 2. The zero-order valence-corrected chi connectivity index (χ0v) is 10.8. The highest BCUT2D eigenvalue weighted by atomic mass is 79.9. The lowest BCUT2D eigenvalue weighted by atomic mass is 10.1. The first kappa shape index (κ1) is 12.0. The fraction of sp³-hybridized carbons (Fsp3) is 0.167. The van der Waals surface area contributed by atoms with Crippen LogP contribution in [0.25, 0.3) is 0 Å². The minimum absolute atomic E-state index is 0.247. The van der Waals surface area contributed by atoms with Crippen LogP contribution in [0.15, 0.2) is 35.2 Å². The van der Waals surface area contributed by atoms with Gasteiger partial charge in [-0.25, -0.2) is 9.37 Å². The van der Waals surface area contributed by atoms with Crippen molar-refractivity contribution in [2.24, 2.45) is 0 Å². The molecule has 17 heavy (non-hydrogen) atoms. The van der Waals surface area contributed by atoms with E-state index < -0.39 is 0 Å². The molecule has 2 aromatic rings. The van der Waals surface area contributed by atoms with E-state index in [0.29, 0.717) is 11.0 Å². The van der Waals surface area contributed by atoms with E-state index in [1.165, 1.54) is 6.07 Å². The van der Waals surface area contributed by atoms with Gasteiger partial charge >= 0.3 is 0 Å². The number of hydrogen-bond donors (Lipinski definition) is 1. The fourth-order valence-corrected chi connectivity index (χ4v) is 1.71. The Morgan fingerprint density at radius 1 is 1.41 bits per heavy atom. The summed E-state index contributed by atoms with van der Waals surface area (Å²) in [6.45, 7) is 2.50. The summed E-state index contributed by atoms with van der Waals surface area (Å²) < 4.78 is 14.1. The maximum atomic E-state index is 13.5. The number of aromatic nitrogens is 2. The normalized spacial score (nSPS) is 10.3. The number of hydrogen-bond acceptors (Lipinski definition) is 3. The molecule has 5 heteroatoms. The third kappa shape index (κ3) is 3.00. The average molecular weight is 296 g/mol. The van der Waals surface area contributed by atoms with Gasteiger partial charge in [-0.2, -0.15) is 0 Å². The van der Waals surface area contributed by atoms with Crippen molar-refractivity contribution in [2.45, 2.75) is 13.5 Å². The van der Waals surface area contributed by atoms with Gasteiger partial charge in [0.15, 0.2) is 11.6 Å². The van der Waals surface area contributed by atoms with E-state index in [1.54, 1.807) is 18.6 Å². The largest absolute Gasteiger partial charge is 0.363 e. The molecule has 0 spiro atoms. The summed E-state index contributed by atoms with van der Waals surface area (Å²) in [6.07, 6.45) is 5.05. The molecular formula is C12H11BrFN3. The molecule has 2 rings (SSSR count). The first-order chi connectivity index (χ1) is 8.16. The van der Waals surface area contributed by atoms with Crippen LogP contribution in [-0.4, -0.2) is 9.97 Å². The maximum Gasteiger partial charge on any atom is 0.166 e. The minimum Gasteiger partial charge on any atom is -0.363 e. The van der Waals surface area contributed by atoms with Crippen molar-refractivity contribution in [3.63, 3.8) is 0 Å². The topological polar surface area (TPSA) is 37.8 Å². The van der Waals surface area contributed by atoms with Gasteiger partial charge in [-0.15, -0.1) is 0 Å². The molecule has 88 valence electrons. The molecule has 0 saturated heterocycles. The van der Waals surface area contributed by atoms with Gasteiger partial charge in [0.1, 0.15) is 0 Å². The second-order valence-electron chi connectivity index (χ2n) is 3.64. The highest BCUT2D eigenvalue weighted by molar-refractivity contribution is 9.10. The molecular weight excluding hydrogens is 285 g/mol. The Bertz CT molecular complexity index is 531. The highest BCUT2D eigenvalue weighted by Crippen LogP contribution is 2.17. The Morgan fingerprint density at radius 3 is 2.94 bits per heavy atom. The van der Waals surface area contributed by atoms with Crippen molar-refractivity contribution < 1.29 is 4.39 Å². The summed E-state index contributed by atoms with van der Waals surface area (Å²) in [7, 11) is 0. The number of anilines is 1. The van der Waals surface area contributed by atoms with Crippen LogP contribution >= 0.6 is 15.9 Å². The van der Waals surface area contributed by atoms with Gasteiger partial charge in [0.05, 0.1) is 0 Å². The molecule has 0 atom stereocenters. The number of nitrogens with one attached hydrogen (secondary N) is 1. The molecule has 0 fully saturated rings. The first-order valence-corrected chi connectivity index (χ1v) is 5.90. The van der Waals surface area contributed by atoms with E-state index in [0.717, 1.165) is 11.1 Å². The van der Waals surface area contributed by atoms with Gasteiger partial charge in [0.2, 0.25) is 0 Å². The Labute approximate surface area is 107 Å². The summed E-state index contributed by atoms with van der Waals surface area (Å²) in [4.78, 5) is 8.00. The monoisotopic (exact) mass is 295 g/mol. The van der Waals surface area contributed by atoms with E-state index in [4.69, 9.17) is 0 Å². The molecule has 0 amide bonds. The van der Waals surface area contributed by atoms with Crippen LogP contribution in [0.3, 0.4) is 0 Å². The van der Waals surface area contributed by atoms with Crippen LogP contribution in [0.2, 0.25) is 0 Å². The van der Waals surface area contributed by atoms with Crippen molar-refractivity contribution in [2.75, 3.05) is 5.32 Å². The quantitative estimate of drug-likeness (QED) is 0.944. The Hall–Kier alpha value is -1.49. The molecule has 0 bridgehead atoms. The molecule has 0 radical (unpaired) electrons. The Kier molecular flexibility index (Phi) is 3.68. The van der Waals surface area contributed by atoms with Gasteiger partial charge in [-0.05, 0) is 46.1 Å². The summed E-state index contributed by atoms with van der Waals surface area (Å²) >= 11 is 3.16. The van der Waals surface area contributed by atoms with Crippen molar-refractivity contribution >= 4 is 21.7 Å². The van der Waals surface area contributed by atoms with Crippen LogP contribution in [0.1, 0.15) is 11.1 Å². The third-order valence-corrected chi connectivity index (χ3v) is 2.84.